The molecule has 72 valence electrons. The fourth-order valence-electron chi connectivity index (χ4n) is 1.67. The Bertz CT molecular complexity index is 290. The van der Waals surface area contributed by atoms with E-state index in [4.69, 9.17) is 10.5 Å². The van der Waals surface area contributed by atoms with Gasteiger partial charge in [0.25, 0.3) is 0 Å². The molecule has 5 nitrogen and oxygen atoms in total. The van der Waals surface area contributed by atoms with Crippen LogP contribution in [0.5, 0.6) is 0 Å². The van der Waals surface area contributed by atoms with Gasteiger partial charge in [0, 0.05) is 26.2 Å². The molecule has 0 unspecified atom stereocenters. The first kappa shape index (κ1) is 8.50. The molecule has 1 aliphatic heterocycles. The van der Waals surface area contributed by atoms with Gasteiger partial charge in [-0.1, -0.05) is 0 Å². The quantitative estimate of drug-likeness (QED) is 0.678. The highest BCUT2D eigenvalue weighted by Crippen LogP contribution is 2.25. The molecule has 1 fully saturated rings. The van der Waals surface area contributed by atoms with Crippen LogP contribution in [0.15, 0.2) is 0 Å². The molecule has 1 aromatic rings. The molecule has 13 heavy (non-hydrogen) atoms. The molecule has 5 heteroatoms. The number of aromatic nitrogens is 3. The predicted octanol–water partition coefficient (Wildman–Crippen LogP) is 0.291. The van der Waals surface area contributed by atoms with Crippen LogP contribution in [-0.4, -0.2) is 28.0 Å². The van der Waals surface area contributed by atoms with Crippen LogP contribution in [0.2, 0.25) is 0 Å². The van der Waals surface area contributed by atoms with E-state index < -0.39 is 0 Å². The van der Waals surface area contributed by atoms with Crippen molar-refractivity contribution in [2.45, 2.75) is 18.8 Å². The van der Waals surface area contributed by atoms with E-state index in [1.54, 1.807) is 0 Å². The van der Waals surface area contributed by atoms with Gasteiger partial charge in [0.15, 0.2) is 0 Å². The molecule has 2 heterocycles. The predicted molar refractivity (Wildman–Crippen MR) is 48.2 cm³/mol. The first-order chi connectivity index (χ1) is 6.29. The van der Waals surface area contributed by atoms with Crippen molar-refractivity contribution in [2.75, 3.05) is 18.9 Å². The second-order valence-corrected chi connectivity index (χ2v) is 3.36. The number of ether oxygens (including phenoxy) is 1. The average Bonchev–Trinajstić information content (AvgIpc) is 2.49. The highest BCUT2D eigenvalue weighted by molar-refractivity contribution is 5.18. The van der Waals surface area contributed by atoms with Gasteiger partial charge in [0.1, 0.15) is 5.82 Å². The lowest BCUT2D eigenvalue weighted by atomic mass is 10.00. The minimum Gasteiger partial charge on any atom is -0.381 e. The lowest BCUT2D eigenvalue weighted by Crippen LogP contribution is -2.17. The van der Waals surface area contributed by atoms with Crippen molar-refractivity contribution < 1.29 is 4.74 Å². The number of rotatable bonds is 1. The second kappa shape index (κ2) is 3.33. The maximum Gasteiger partial charge on any atom is 0.221 e. The van der Waals surface area contributed by atoms with Crippen molar-refractivity contribution in [1.82, 2.24) is 14.8 Å². The van der Waals surface area contributed by atoms with Crippen molar-refractivity contribution in [3.63, 3.8) is 0 Å². The molecule has 1 aliphatic rings. The Morgan fingerprint density at radius 1 is 1.38 bits per heavy atom. The topological polar surface area (TPSA) is 66.0 Å². The van der Waals surface area contributed by atoms with Crippen LogP contribution in [0.4, 0.5) is 5.95 Å². The molecule has 2 N–H and O–H groups in total. The summed E-state index contributed by atoms with van der Waals surface area (Å²) < 4.78 is 7.14. The molecule has 0 atom stereocenters. The summed E-state index contributed by atoms with van der Waals surface area (Å²) in [6.45, 7) is 1.63. The third-order valence-electron chi connectivity index (χ3n) is 2.53. The molecule has 1 aromatic heterocycles. The molecule has 2 rings (SSSR count). The summed E-state index contributed by atoms with van der Waals surface area (Å²) in [5.74, 6) is 1.94. The zero-order valence-corrected chi connectivity index (χ0v) is 7.73. The van der Waals surface area contributed by atoms with E-state index >= 15 is 0 Å². The smallest absolute Gasteiger partial charge is 0.221 e. The van der Waals surface area contributed by atoms with E-state index in [0.717, 1.165) is 31.9 Å². The molecule has 0 radical (unpaired) electrons. The van der Waals surface area contributed by atoms with Gasteiger partial charge in [-0.15, -0.1) is 10.2 Å². The monoisotopic (exact) mass is 182 g/mol. The number of nitrogens with two attached hydrogens (primary N) is 1. The van der Waals surface area contributed by atoms with Gasteiger partial charge in [-0.3, -0.25) is 0 Å². The minimum absolute atomic E-state index is 0.462. The minimum atomic E-state index is 0.462. The summed E-state index contributed by atoms with van der Waals surface area (Å²) in [4.78, 5) is 0. The fraction of sp³-hybridized carbons (Fsp3) is 0.750. The Morgan fingerprint density at radius 3 is 2.62 bits per heavy atom. The molecular weight excluding hydrogens is 168 g/mol. The summed E-state index contributed by atoms with van der Waals surface area (Å²) >= 11 is 0. The highest BCUT2D eigenvalue weighted by Gasteiger charge is 2.21. The molecule has 0 bridgehead atoms. The summed E-state index contributed by atoms with van der Waals surface area (Å²) in [5.41, 5.74) is 5.61. The van der Waals surface area contributed by atoms with Crippen LogP contribution < -0.4 is 5.73 Å². The van der Waals surface area contributed by atoms with E-state index in [1.165, 1.54) is 0 Å². The Morgan fingerprint density at radius 2 is 2.08 bits per heavy atom. The number of hydrogen-bond acceptors (Lipinski definition) is 4. The number of anilines is 1. The Hall–Kier alpha value is -1.10. The van der Waals surface area contributed by atoms with Crippen LogP contribution in [-0.2, 0) is 11.8 Å². The van der Waals surface area contributed by atoms with Gasteiger partial charge in [-0.05, 0) is 12.8 Å². The van der Waals surface area contributed by atoms with Gasteiger partial charge in [-0.2, -0.15) is 0 Å². The van der Waals surface area contributed by atoms with Gasteiger partial charge >= 0.3 is 0 Å². The summed E-state index contributed by atoms with van der Waals surface area (Å²) in [6, 6.07) is 0. The maximum absolute atomic E-state index is 5.61. The van der Waals surface area contributed by atoms with E-state index in [9.17, 15) is 0 Å². The normalized spacial score (nSPS) is 19.2. The fourth-order valence-corrected chi connectivity index (χ4v) is 1.67. The van der Waals surface area contributed by atoms with Crippen molar-refractivity contribution in [2.24, 2.45) is 7.05 Å². The van der Waals surface area contributed by atoms with Gasteiger partial charge in [0.2, 0.25) is 5.95 Å². The van der Waals surface area contributed by atoms with E-state index in [-0.39, 0.29) is 0 Å². The third kappa shape index (κ3) is 1.51. The van der Waals surface area contributed by atoms with Crippen molar-refractivity contribution in [3.05, 3.63) is 5.82 Å². The molecule has 0 spiro atoms. The zero-order chi connectivity index (χ0) is 9.26. The number of nitrogen functional groups attached to an aromatic ring is 1. The highest BCUT2D eigenvalue weighted by atomic mass is 16.5. The van der Waals surface area contributed by atoms with Crippen molar-refractivity contribution >= 4 is 5.95 Å². The van der Waals surface area contributed by atoms with E-state index in [0.29, 0.717) is 11.9 Å². The van der Waals surface area contributed by atoms with Crippen LogP contribution >= 0.6 is 0 Å². The molecule has 0 amide bonds. The lowest BCUT2D eigenvalue weighted by molar-refractivity contribution is 0.0830. The SMILES string of the molecule is Cn1c(N)nnc1C1CCOCC1. The summed E-state index contributed by atoms with van der Waals surface area (Å²) in [6.07, 6.45) is 2.04. The molecule has 0 saturated carbocycles. The second-order valence-electron chi connectivity index (χ2n) is 3.36. The first-order valence-electron chi connectivity index (χ1n) is 4.51. The van der Waals surface area contributed by atoms with Gasteiger partial charge in [0.05, 0.1) is 0 Å². The largest absolute Gasteiger partial charge is 0.381 e. The molecule has 1 saturated heterocycles. The summed E-state index contributed by atoms with van der Waals surface area (Å²) in [7, 11) is 1.90. The Kier molecular flexibility index (Phi) is 2.18. The van der Waals surface area contributed by atoms with Crippen LogP contribution in [0.1, 0.15) is 24.6 Å². The number of hydrogen-bond donors (Lipinski definition) is 1. The van der Waals surface area contributed by atoms with E-state index in [1.807, 2.05) is 11.6 Å². The number of nitrogens with zero attached hydrogens (tertiary/aromatic N) is 3. The Balaban J connectivity index is 2.18. The maximum atomic E-state index is 5.61. The van der Waals surface area contributed by atoms with E-state index in [2.05, 4.69) is 10.2 Å². The third-order valence-corrected chi connectivity index (χ3v) is 2.53. The lowest BCUT2D eigenvalue weighted by Gasteiger charge is -2.20. The standard InChI is InChI=1S/C8H14N4O/c1-12-7(10-11-8(12)9)6-2-4-13-5-3-6/h6H,2-5H2,1H3,(H2,9,11). The van der Waals surface area contributed by atoms with Crippen LogP contribution in [0.3, 0.4) is 0 Å². The van der Waals surface area contributed by atoms with Gasteiger partial charge in [-0.25, -0.2) is 0 Å². The van der Waals surface area contributed by atoms with Crippen LogP contribution in [0, 0.1) is 0 Å². The van der Waals surface area contributed by atoms with Gasteiger partial charge < -0.3 is 15.0 Å². The van der Waals surface area contributed by atoms with Crippen molar-refractivity contribution in [1.29, 1.82) is 0 Å². The van der Waals surface area contributed by atoms with Crippen molar-refractivity contribution in [3.8, 4) is 0 Å². The summed E-state index contributed by atoms with van der Waals surface area (Å²) in [5, 5.41) is 7.91. The zero-order valence-electron chi connectivity index (χ0n) is 7.73. The molecule has 0 aliphatic carbocycles. The molecular formula is C8H14N4O. The average molecular weight is 182 g/mol. The van der Waals surface area contributed by atoms with Crippen LogP contribution in [0.25, 0.3) is 0 Å². The Labute approximate surface area is 76.9 Å². The first-order valence-corrected chi connectivity index (χ1v) is 4.51. The molecule has 0 aromatic carbocycles.